The van der Waals surface area contributed by atoms with E-state index in [0.29, 0.717) is 32.6 Å². The van der Waals surface area contributed by atoms with Gasteiger partial charge in [-0.05, 0) is 24.1 Å². The molecule has 0 bridgehead atoms. The summed E-state index contributed by atoms with van der Waals surface area (Å²) in [7, 11) is 0. The number of hydrogen-bond donors (Lipinski definition) is 0. The summed E-state index contributed by atoms with van der Waals surface area (Å²) in [5.41, 5.74) is 1.28. The Morgan fingerprint density at radius 3 is 2.04 bits per heavy atom. The minimum Gasteiger partial charge on any atom is -0.484 e. The van der Waals surface area contributed by atoms with Gasteiger partial charge in [-0.3, -0.25) is 9.59 Å². The maximum atomic E-state index is 12.2. The molecular weight excluding hydrogens is 292 g/mol. The molecule has 1 aromatic carbocycles. The molecule has 0 atom stereocenters. The van der Waals surface area contributed by atoms with Crippen molar-refractivity contribution in [3.63, 3.8) is 0 Å². The molecule has 0 unspecified atom stereocenters. The number of ether oxygens (including phenoxy) is 1. The lowest BCUT2D eigenvalue weighted by atomic mass is 10.1. The van der Waals surface area contributed by atoms with Gasteiger partial charge in [-0.2, -0.15) is 0 Å². The third-order valence-electron chi connectivity index (χ3n) is 4.11. The summed E-state index contributed by atoms with van der Waals surface area (Å²) in [4.78, 5) is 27.4. The van der Waals surface area contributed by atoms with Crippen molar-refractivity contribution in [2.75, 3.05) is 32.8 Å². The number of carbonyl (C=O) groups excluding carboxylic acids is 2. The molecule has 0 aromatic heterocycles. The Morgan fingerprint density at radius 2 is 1.52 bits per heavy atom. The van der Waals surface area contributed by atoms with Crippen LogP contribution in [0.3, 0.4) is 0 Å². The first-order valence-electron chi connectivity index (χ1n) is 8.41. The number of rotatable bonds is 6. The van der Waals surface area contributed by atoms with Crippen molar-refractivity contribution in [1.82, 2.24) is 9.80 Å². The van der Waals surface area contributed by atoms with Gasteiger partial charge in [-0.25, -0.2) is 0 Å². The van der Waals surface area contributed by atoms with Gasteiger partial charge in [0.05, 0.1) is 0 Å². The topological polar surface area (TPSA) is 49.9 Å². The highest BCUT2D eigenvalue weighted by Crippen LogP contribution is 2.14. The van der Waals surface area contributed by atoms with Crippen molar-refractivity contribution in [1.29, 1.82) is 0 Å². The fourth-order valence-corrected chi connectivity index (χ4v) is 2.71. The summed E-state index contributed by atoms with van der Waals surface area (Å²) in [6.45, 7) is 6.46. The molecule has 1 aliphatic heterocycles. The minimum atomic E-state index is -0.0220. The van der Waals surface area contributed by atoms with Crippen LogP contribution in [0.1, 0.15) is 32.3 Å². The molecular formula is C18H26N2O3. The molecule has 2 amide bonds. The summed E-state index contributed by atoms with van der Waals surface area (Å²) in [5.74, 6) is 0.852. The predicted molar refractivity (Wildman–Crippen MR) is 89.4 cm³/mol. The maximum absolute atomic E-state index is 12.2. The fraction of sp³-hybridized carbons (Fsp3) is 0.556. The molecule has 5 nitrogen and oxygen atoms in total. The van der Waals surface area contributed by atoms with E-state index in [1.807, 2.05) is 36.1 Å². The third-order valence-corrected chi connectivity index (χ3v) is 4.11. The van der Waals surface area contributed by atoms with Crippen LogP contribution in [0.2, 0.25) is 0 Å². The molecule has 1 aliphatic rings. The number of amides is 2. The highest BCUT2D eigenvalue weighted by atomic mass is 16.5. The molecule has 1 saturated heterocycles. The van der Waals surface area contributed by atoms with Gasteiger partial charge in [0.15, 0.2) is 6.61 Å². The molecule has 0 aliphatic carbocycles. The van der Waals surface area contributed by atoms with E-state index in [0.717, 1.165) is 18.6 Å². The fourth-order valence-electron chi connectivity index (χ4n) is 2.71. The second-order valence-corrected chi connectivity index (χ2v) is 5.80. The highest BCUT2D eigenvalue weighted by Gasteiger charge is 2.23. The monoisotopic (exact) mass is 318 g/mol. The standard InChI is InChI=1S/C18H26N2O3/c1-3-5-15-6-8-16(9-7-15)23-14-18(22)20-12-10-19(11-13-20)17(21)4-2/h6-9H,3-5,10-14H2,1-2H3. The average Bonchev–Trinajstić information content (AvgIpc) is 2.60. The van der Waals surface area contributed by atoms with Crippen molar-refractivity contribution in [2.45, 2.75) is 33.1 Å². The largest absolute Gasteiger partial charge is 0.484 e. The lowest BCUT2D eigenvalue weighted by Crippen LogP contribution is -2.51. The Kier molecular flexibility index (Phi) is 6.44. The van der Waals surface area contributed by atoms with Crippen LogP contribution in [-0.2, 0) is 16.0 Å². The Bertz CT molecular complexity index is 520. The summed E-state index contributed by atoms with van der Waals surface area (Å²) < 4.78 is 5.58. The SMILES string of the molecule is CCCc1ccc(OCC(=O)N2CCN(C(=O)CC)CC2)cc1. The molecule has 0 N–H and O–H groups in total. The molecule has 23 heavy (non-hydrogen) atoms. The quantitative estimate of drug-likeness (QED) is 0.807. The molecule has 126 valence electrons. The third kappa shape index (κ3) is 4.98. The molecule has 0 saturated carbocycles. The van der Waals surface area contributed by atoms with Gasteiger partial charge in [0.1, 0.15) is 5.75 Å². The van der Waals surface area contributed by atoms with Gasteiger partial charge in [0.25, 0.3) is 5.91 Å². The highest BCUT2D eigenvalue weighted by molar-refractivity contribution is 5.79. The van der Waals surface area contributed by atoms with Crippen molar-refractivity contribution < 1.29 is 14.3 Å². The average molecular weight is 318 g/mol. The Morgan fingerprint density at radius 1 is 0.957 bits per heavy atom. The Labute approximate surface area is 138 Å². The maximum Gasteiger partial charge on any atom is 0.260 e. The van der Waals surface area contributed by atoms with Crippen LogP contribution in [0.25, 0.3) is 0 Å². The first kappa shape index (κ1) is 17.3. The Hall–Kier alpha value is -2.04. The molecule has 1 heterocycles. The van der Waals surface area contributed by atoms with Crippen LogP contribution in [0, 0.1) is 0 Å². The second-order valence-electron chi connectivity index (χ2n) is 5.80. The second kappa shape index (κ2) is 8.56. The van der Waals surface area contributed by atoms with Crippen molar-refractivity contribution in [2.24, 2.45) is 0 Å². The zero-order valence-electron chi connectivity index (χ0n) is 14.1. The molecule has 2 rings (SSSR count). The number of carbonyl (C=O) groups is 2. The van der Waals surface area contributed by atoms with Crippen LogP contribution in [0.15, 0.2) is 24.3 Å². The van der Waals surface area contributed by atoms with Crippen LogP contribution < -0.4 is 4.74 Å². The van der Waals surface area contributed by atoms with E-state index in [1.165, 1.54) is 5.56 Å². The zero-order chi connectivity index (χ0) is 16.7. The van der Waals surface area contributed by atoms with Crippen LogP contribution >= 0.6 is 0 Å². The summed E-state index contributed by atoms with van der Waals surface area (Å²) in [5, 5.41) is 0. The van der Waals surface area contributed by atoms with Crippen LogP contribution in [0.4, 0.5) is 0 Å². The minimum absolute atomic E-state index is 0.0220. The van der Waals surface area contributed by atoms with E-state index in [1.54, 1.807) is 4.90 Å². The molecule has 5 heteroatoms. The van der Waals surface area contributed by atoms with Crippen molar-refractivity contribution in [3.8, 4) is 5.75 Å². The van der Waals surface area contributed by atoms with Gasteiger partial charge < -0.3 is 14.5 Å². The van der Waals surface area contributed by atoms with E-state index in [4.69, 9.17) is 4.74 Å². The smallest absolute Gasteiger partial charge is 0.260 e. The number of nitrogens with zero attached hydrogens (tertiary/aromatic N) is 2. The van der Waals surface area contributed by atoms with E-state index in [-0.39, 0.29) is 18.4 Å². The van der Waals surface area contributed by atoms with E-state index >= 15 is 0 Å². The first-order chi connectivity index (χ1) is 11.1. The van der Waals surface area contributed by atoms with Gasteiger partial charge in [0, 0.05) is 32.6 Å². The summed E-state index contributed by atoms with van der Waals surface area (Å²) >= 11 is 0. The summed E-state index contributed by atoms with van der Waals surface area (Å²) in [6.07, 6.45) is 2.69. The molecule has 0 radical (unpaired) electrons. The lowest BCUT2D eigenvalue weighted by molar-refractivity contribution is -0.140. The zero-order valence-corrected chi connectivity index (χ0v) is 14.1. The number of benzene rings is 1. The number of piperazine rings is 1. The Balaban J connectivity index is 1.76. The van der Waals surface area contributed by atoms with Crippen LogP contribution in [0.5, 0.6) is 5.75 Å². The van der Waals surface area contributed by atoms with Gasteiger partial charge in [-0.1, -0.05) is 32.4 Å². The first-order valence-corrected chi connectivity index (χ1v) is 8.41. The normalized spacial score (nSPS) is 14.7. The number of hydrogen-bond acceptors (Lipinski definition) is 3. The van der Waals surface area contributed by atoms with E-state index in [2.05, 4.69) is 6.92 Å². The molecule has 1 aromatic rings. The van der Waals surface area contributed by atoms with Crippen molar-refractivity contribution >= 4 is 11.8 Å². The van der Waals surface area contributed by atoms with Gasteiger partial charge in [-0.15, -0.1) is 0 Å². The van der Waals surface area contributed by atoms with Gasteiger partial charge in [0.2, 0.25) is 5.91 Å². The van der Waals surface area contributed by atoms with Crippen LogP contribution in [-0.4, -0.2) is 54.4 Å². The molecule has 0 spiro atoms. The van der Waals surface area contributed by atoms with E-state index in [9.17, 15) is 9.59 Å². The van der Waals surface area contributed by atoms with E-state index < -0.39 is 0 Å². The van der Waals surface area contributed by atoms with Gasteiger partial charge >= 0.3 is 0 Å². The number of aryl methyl sites for hydroxylation is 1. The van der Waals surface area contributed by atoms with Crippen molar-refractivity contribution in [3.05, 3.63) is 29.8 Å². The molecule has 1 fully saturated rings. The summed E-state index contributed by atoms with van der Waals surface area (Å²) in [6, 6.07) is 7.91. The lowest BCUT2D eigenvalue weighted by Gasteiger charge is -2.34. The predicted octanol–water partition coefficient (Wildman–Crippen LogP) is 2.10.